The maximum absolute atomic E-state index is 12.3. The Balaban J connectivity index is 2.00. The molecule has 2 N–H and O–H groups in total. The molecule has 0 saturated heterocycles. The van der Waals surface area contributed by atoms with Crippen molar-refractivity contribution in [2.24, 2.45) is 5.92 Å². The van der Waals surface area contributed by atoms with Gasteiger partial charge < -0.3 is 19.8 Å². The third kappa shape index (κ3) is 7.74. The smallest absolute Gasteiger partial charge is 0.408 e. The number of aromatic nitrogens is 2. The summed E-state index contributed by atoms with van der Waals surface area (Å²) in [5, 5.41) is 14.5. The fraction of sp³-hybridized carbons (Fsp3) is 0.524. The van der Waals surface area contributed by atoms with Gasteiger partial charge in [0.1, 0.15) is 11.6 Å². The van der Waals surface area contributed by atoms with E-state index >= 15 is 0 Å². The molecular formula is C21H29ClN4O4S. The number of nitrogens with zero attached hydrogens (tertiary/aromatic N) is 2. The van der Waals surface area contributed by atoms with Crippen molar-refractivity contribution >= 4 is 41.1 Å². The van der Waals surface area contributed by atoms with Crippen LogP contribution in [-0.2, 0) is 9.53 Å². The zero-order valence-corrected chi connectivity index (χ0v) is 20.2. The normalized spacial score (nSPS) is 13.4. The standard InChI is InChI=1S/C21H29ClN4O4S/c1-7-12(2)17(24-19(28)30-21(4,5)6)18-25-26-20(29-18)31-11-16(27)23-15-10-8-9-14(22)13(15)3/h8-10,12,17H,7,11H2,1-6H3,(H,23,27)(H,24,28)/t12-,17+/m1/s1. The molecule has 0 saturated carbocycles. The number of benzene rings is 1. The van der Waals surface area contributed by atoms with Gasteiger partial charge in [-0.1, -0.05) is 49.7 Å². The Morgan fingerprint density at radius 1 is 1.29 bits per heavy atom. The van der Waals surface area contributed by atoms with E-state index in [1.807, 2.05) is 20.8 Å². The molecule has 10 heteroatoms. The van der Waals surface area contributed by atoms with E-state index in [0.717, 1.165) is 23.7 Å². The number of anilines is 1. The topological polar surface area (TPSA) is 106 Å². The molecule has 0 aliphatic rings. The molecule has 31 heavy (non-hydrogen) atoms. The highest BCUT2D eigenvalue weighted by molar-refractivity contribution is 7.99. The van der Waals surface area contributed by atoms with Crippen LogP contribution in [0.5, 0.6) is 0 Å². The Morgan fingerprint density at radius 2 is 2.00 bits per heavy atom. The highest BCUT2D eigenvalue weighted by Gasteiger charge is 2.28. The summed E-state index contributed by atoms with van der Waals surface area (Å²) in [5.74, 6) is 0.176. The molecule has 1 aromatic heterocycles. The number of hydrogen-bond acceptors (Lipinski definition) is 7. The summed E-state index contributed by atoms with van der Waals surface area (Å²) in [5.41, 5.74) is 0.837. The van der Waals surface area contributed by atoms with Gasteiger partial charge in [0.25, 0.3) is 5.22 Å². The van der Waals surface area contributed by atoms with Crippen molar-refractivity contribution in [2.45, 2.75) is 64.8 Å². The van der Waals surface area contributed by atoms with Crippen molar-refractivity contribution in [1.82, 2.24) is 15.5 Å². The first-order valence-corrected chi connectivity index (χ1v) is 11.4. The minimum absolute atomic E-state index is 0.0416. The number of thioether (sulfide) groups is 1. The van der Waals surface area contributed by atoms with Gasteiger partial charge in [-0.3, -0.25) is 4.79 Å². The van der Waals surface area contributed by atoms with E-state index in [9.17, 15) is 9.59 Å². The van der Waals surface area contributed by atoms with Gasteiger partial charge in [-0.15, -0.1) is 10.2 Å². The summed E-state index contributed by atoms with van der Waals surface area (Å²) < 4.78 is 11.0. The molecule has 2 atom stereocenters. The number of ether oxygens (including phenoxy) is 1. The van der Waals surface area contributed by atoms with Gasteiger partial charge in [-0.2, -0.15) is 0 Å². The quantitative estimate of drug-likeness (QED) is 0.501. The Morgan fingerprint density at radius 3 is 2.65 bits per heavy atom. The van der Waals surface area contributed by atoms with Crippen molar-refractivity contribution in [3.8, 4) is 0 Å². The largest absolute Gasteiger partial charge is 0.444 e. The minimum atomic E-state index is -0.616. The molecule has 2 rings (SSSR count). The van der Waals surface area contributed by atoms with Gasteiger partial charge in [-0.05, 0) is 51.3 Å². The van der Waals surface area contributed by atoms with E-state index in [4.69, 9.17) is 20.8 Å². The summed E-state index contributed by atoms with van der Waals surface area (Å²) in [6.07, 6.45) is 0.230. The van der Waals surface area contributed by atoms with Crippen LogP contribution >= 0.6 is 23.4 Å². The minimum Gasteiger partial charge on any atom is -0.444 e. The van der Waals surface area contributed by atoms with Crippen LogP contribution in [0.25, 0.3) is 0 Å². The van der Waals surface area contributed by atoms with E-state index < -0.39 is 17.7 Å². The van der Waals surface area contributed by atoms with Crippen molar-refractivity contribution in [2.75, 3.05) is 11.1 Å². The van der Waals surface area contributed by atoms with E-state index in [2.05, 4.69) is 20.8 Å². The van der Waals surface area contributed by atoms with Crippen molar-refractivity contribution in [3.05, 3.63) is 34.7 Å². The fourth-order valence-corrected chi connectivity index (χ4v) is 3.32. The highest BCUT2D eigenvalue weighted by atomic mass is 35.5. The zero-order valence-electron chi connectivity index (χ0n) is 18.6. The van der Waals surface area contributed by atoms with Crippen LogP contribution in [0.15, 0.2) is 27.8 Å². The first-order valence-electron chi connectivity index (χ1n) is 10.0. The second-order valence-electron chi connectivity index (χ2n) is 8.16. The molecule has 8 nitrogen and oxygen atoms in total. The number of nitrogens with one attached hydrogen (secondary N) is 2. The van der Waals surface area contributed by atoms with Crippen LogP contribution in [0.1, 0.15) is 58.5 Å². The Hall–Kier alpha value is -2.26. The molecule has 0 unspecified atom stereocenters. The number of carbonyl (C=O) groups is 2. The number of halogens is 1. The summed E-state index contributed by atoms with van der Waals surface area (Å²) in [6.45, 7) is 11.2. The number of rotatable bonds is 8. The predicted molar refractivity (Wildman–Crippen MR) is 121 cm³/mol. The van der Waals surface area contributed by atoms with Crippen molar-refractivity contribution in [3.63, 3.8) is 0 Å². The molecule has 1 aromatic carbocycles. The van der Waals surface area contributed by atoms with Crippen molar-refractivity contribution < 1.29 is 18.7 Å². The van der Waals surface area contributed by atoms with Crippen LogP contribution in [0, 0.1) is 12.8 Å². The lowest BCUT2D eigenvalue weighted by Crippen LogP contribution is -2.37. The molecule has 170 valence electrons. The number of carbonyl (C=O) groups excluding carboxylic acids is 2. The summed E-state index contributed by atoms with van der Waals surface area (Å²) in [4.78, 5) is 24.5. The molecule has 0 spiro atoms. The number of hydrogen-bond donors (Lipinski definition) is 2. The molecule has 2 amide bonds. The average Bonchev–Trinajstić information content (AvgIpc) is 3.15. The molecule has 0 radical (unpaired) electrons. The highest BCUT2D eigenvalue weighted by Crippen LogP contribution is 2.27. The molecule has 0 fully saturated rings. The number of alkyl carbamates (subject to hydrolysis) is 1. The van der Waals surface area contributed by atoms with Gasteiger partial charge in [0, 0.05) is 10.7 Å². The van der Waals surface area contributed by atoms with Crippen molar-refractivity contribution in [1.29, 1.82) is 0 Å². The lowest BCUT2D eigenvalue weighted by Gasteiger charge is -2.24. The Bertz CT molecular complexity index is 913. The summed E-state index contributed by atoms with van der Waals surface area (Å²) in [6, 6.07) is 4.83. The van der Waals surface area contributed by atoms with Crippen LogP contribution in [0.2, 0.25) is 5.02 Å². The number of amides is 2. The average molecular weight is 469 g/mol. The van der Waals surface area contributed by atoms with Gasteiger partial charge in [0.15, 0.2) is 0 Å². The third-order valence-corrected chi connectivity index (χ3v) is 5.67. The van der Waals surface area contributed by atoms with Gasteiger partial charge in [0.05, 0.1) is 5.75 Å². The van der Waals surface area contributed by atoms with E-state index in [-0.39, 0.29) is 28.7 Å². The maximum Gasteiger partial charge on any atom is 0.408 e. The second-order valence-corrected chi connectivity index (χ2v) is 9.50. The lowest BCUT2D eigenvalue weighted by molar-refractivity contribution is -0.113. The maximum atomic E-state index is 12.3. The molecule has 0 aliphatic carbocycles. The SMILES string of the molecule is CC[C@@H](C)[C@H](NC(=O)OC(C)(C)C)c1nnc(SCC(=O)Nc2cccc(Cl)c2C)o1. The molecule has 1 heterocycles. The molecular weight excluding hydrogens is 440 g/mol. The molecule has 0 aliphatic heterocycles. The van der Waals surface area contributed by atoms with Gasteiger partial charge >= 0.3 is 6.09 Å². The second kappa shape index (κ2) is 10.9. The zero-order chi connectivity index (χ0) is 23.2. The lowest BCUT2D eigenvalue weighted by atomic mass is 9.99. The molecule has 2 aromatic rings. The first kappa shape index (κ1) is 25.0. The first-order chi connectivity index (χ1) is 14.5. The van der Waals surface area contributed by atoms with E-state index in [1.54, 1.807) is 39.0 Å². The third-order valence-electron chi connectivity index (χ3n) is 4.44. The van der Waals surface area contributed by atoms with Crippen LogP contribution in [0.3, 0.4) is 0 Å². The van der Waals surface area contributed by atoms with Gasteiger partial charge in [0.2, 0.25) is 11.8 Å². The Labute approximate surface area is 191 Å². The predicted octanol–water partition coefficient (Wildman–Crippen LogP) is 5.37. The van der Waals surface area contributed by atoms with Crippen LogP contribution < -0.4 is 10.6 Å². The van der Waals surface area contributed by atoms with Crippen LogP contribution in [0.4, 0.5) is 10.5 Å². The monoisotopic (exact) mass is 468 g/mol. The summed E-state index contributed by atoms with van der Waals surface area (Å²) >= 11 is 7.20. The summed E-state index contributed by atoms with van der Waals surface area (Å²) in [7, 11) is 0. The van der Waals surface area contributed by atoms with E-state index in [0.29, 0.717) is 10.7 Å². The van der Waals surface area contributed by atoms with E-state index in [1.165, 1.54) is 0 Å². The van der Waals surface area contributed by atoms with Crippen LogP contribution in [-0.4, -0.2) is 33.6 Å². The Kier molecular flexibility index (Phi) is 8.76. The molecule has 0 bridgehead atoms. The fourth-order valence-electron chi connectivity index (χ4n) is 2.58. The van der Waals surface area contributed by atoms with Gasteiger partial charge in [-0.25, -0.2) is 4.79 Å².